The summed E-state index contributed by atoms with van der Waals surface area (Å²) in [5.74, 6) is -0.0861. The van der Waals surface area contributed by atoms with Crippen molar-refractivity contribution in [3.63, 3.8) is 0 Å². The van der Waals surface area contributed by atoms with E-state index in [-0.39, 0.29) is 5.91 Å². The predicted molar refractivity (Wildman–Crippen MR) is 122 cm³/mol. The summed E-state index contributed by atoms with van der Waals surface area (Å²) in [5.41, 5.74) is 5.97. The number of hydrogen-bond acceptors (Lipinski definition) is 3. The number of hydrogen-bond donors (Lipinski definition) is 1. The molecule has 3 aromatic carbocycles. The van der Waals surface area contributed by atoms with Gasteiger partial charge in [0.05, 0.1) is 5.52 Å². The number of nitrogens with one attached hydrogen (secondary N) is 1. The molecule has 1 N–H and O–H groups in total. The first-order chi connectivity index (χ1) is 14.7. The maximum absolute atomic E-state index is 12.9. The number of anilines is 2. The van der Waals surface area contributed by atoms with Crippen molar-refractivity contribution in [1.82, 2.24) is 4.98 Å². The average molecular weight is 414 g/mol. The average Bonchev–Trinajstić information content (AvgIpc) is 2.79. The number of aromatic nitrogens is 1. The molecule has 0 fully saturated rings. The van der Waals surface area contributed by atoms with Gasteiger partial charge >= 0.3 is 0 Å². The van der Waals surface area contributed by atoms with Crippen LogP contribution in [0.2, 0.25) is 5.02 Å². The van der Waals surface area contributed by atoms with Crippen molar-refractivity contribution in [3.8, 4) is 0 Å². The molecule has 0 aliphatic carbocycles. The van der Waals surface area contributed by atoms with Gasteiger partial charge in [0.15, 0.2) is 0 Å². The standard InChI is InChI=1S/C25H20ClN3O/c26-18-8-10-19(11-9-18)28-25(30)21-6-3-4-17-16-29(15-13-20(17)21)24-12-14-27-23-7-2-1-5-22(23)24/h1-12,14H,13,15-16H2,(H,28,30). The smallest absolute Gasteiger partial charge is 0.255 e. The first kappa shape index (κ1) is 18.6. The first-order valence-electron chi connectivity index (χ1n) is 9.95. The number of benzene rings is 3. The molecule has 0 radical (unpaired) electrons. The molecule has 148 valence electrons. The molecular weight excluding hydrogens is 394 g/mol. The summed E-state index contributed by atoms with van der Waals surface area (Å²) < 4.78 is 0. The van der Waals surface area contributed by atoms with Crippen LogP contribution in [0.15, 0.2) is 79.0 Å². The van der Waals surface area contributed by atoms with Crippen LogP contribution in [0.4, 0.5) is 11.4 Å². The maximum Gasteiger partial charge on any atom is 0.255 e. The lowest BCUT2D eigenvalue weighted by atomic mass is 9.93. The Hall–Kier alpha value is -3.37. The lowest BCUT2D eigenvalue weighted by Crippen LogP contribution is -2.32. The van der Waals surface area contributed by atoms with E-state index < -0.39 is 0 Å². The third-order valence-corrected chi connectivity index (χ3v) is 5.83. The molecule has 4 nitrogen and oxygen atoms in total. The topological polar surface area (TPSA) is 45.2 Å². The van der Waals surface area contributed by atoms with Gasteiger partial charge in [-0.25, -0.2) is 0 Å². The van der Waals surface area contributed by atoms with E-state index in [9.17, 15) is 4.79 Å². The number of carbonyl (C=O) groups is 1. The molecule has 0 saturated carbocycles. The largest absolute Gasteiger partial charge is 0.366 e. The Kier molecular flexibility index (Phi) is 4.85. The second kappa shape index (κ2) is 7.81. The molecule has 1 amide bonds. The number of nitrogens with zero attached hydrogens (tertiary/aromatic N) is 2. The Bertz CT molecular complexity index is 1230. The van der Waals surface area contributed by atoms with E-state index in [2.05, 4.69) is 33.4 Å². The number of pyridine rings is 1. The van der Waals surface area contributed by atoms with Gasteiger partial charge in [-0.05, 0) is 60.0 Å². The molecule has 1 aliphatic rings. The molecule has 0 atom stereocenters. The highest BCUT2D eigenvalue weighted by atomic mass is 35.5. The van der Waals surface area contributed by atoms with Gasteiger partial charge in [0, 0.05) is 46.6 Å². The summed E-state index contributed by atoms with van der Waals surface area (Å²) in [5, 5.41) is 4.78. The van der Waals surface area contributed by atoms with E-state index in [4.69, 9.17) is 11.6 Å². The third kappa shape index (κ3) is 3.51. The molecule has 5 heteroatoms. The van der Waals surface area contributed by atoms with E-state index in [0.29, 0.717) is 5.02 Å². The highest BCUT2D eigenvalue weighted by Crippen LogP contribution is 2.31. The van der Waals surface area contributed by atoms with Crippen LogP contribution >= 0.6 is 11.6 Å². The minimum Gasteiger partial charge on any atom is -0.366 e. The SMILES string of the molecule is O=C(Nc1ccc(Cl)cc1)c1cccc2c1CCN(c1ccnc3ccccc13)C2. The first-order valence-corrected chi connectivity index (χ1v) is 10.3. The van der Waals surface area contributed by atoms with Crippen molar-refractivity contribution < 1.29 is 4.79 Å². The van der Waals surface area contributed by atoms with Crippen molar-refractivity contribution in [3.05, 3.63) is 101 Å². The van der Waals surface area contributed by atoms with Crippen molar-refractivity contribution in [2.24, 2.45) is 0 Å². The minimum absolute atomic E-state index is 0.0861. The molecule has 30 heavy (non-hydrogen) atoms. The summed E-state index contributed by atoms with van der Waals surface area (Å²) >= 11 is 5.94. The van der Waals surface area contributed by atoms with Gasteiger partial charge in [0.2, 0.25) is 0 Å². The van der Waals surface area contributed by atoms with Crippen molar-refractivity contribution >= 4 is 39.8 Å². The summed E-state index contributed by atoms with van der Waals surface area (Å²) in [6, 6.07) is 23.4. The fourth-order valence-electron chi connectivity index (χ4n) is 4.12. The lowest BCUT2D eigenvalue weighted by Gasteiger charge is -2.32. The van der Waals surface area contributed by atoms with E-state index in [1.165, 1.54) is 11.3 Å². The fourth-order valence-corrected chi connectivity index (χ4v) is 4.24. The van der Waals surface area contributed by atoms with Crippen molar-refractivity contribution in [1.29, 1.82) is 0 Å². The van der Waals surface area contributed by atoms with Crippen molar-refractivity contribution in [2.75, 3.05) is 16.8 Å². The zero-order valence-corrected chi connectivity index (χ0v) is 17.1. The molecule has 0 saturated heterocycles. The molecule has 0 bridgehead atoms. The van der Waals surface area contributed by atoms with Crippen LogP contribution < -0.4 is 10.2 Å². The van der Waals surface area contributed by atoms with E-state index in [0.717, 1.165) is 47.2 Å². The Morgan fingerprint density at radius 1 is 0.967 bits per heavy atom. The van der Waals surface area contributed by atoms with Crippen LogP contribution in [0.1, 0.15) is 21.5 Å². The summed E-state index contributed by atoms with van der Waals surface area (Å²) in [7, 11) is 0. The molecule has 1 aromatic heterocycles. The number of carbonyl (C=O) groups excluding carboxylic acids is 1. The normalized spacial score (nSPS) is 13.2. The number of rotatable bonds is 3. The van der Waals surface area contributed by atoms with Gasteiger partial charge in [-0.15, -0.1) is 0 Å². The summed E-state index contributed by atoms with van der Waals surface area (Å²) in [6.07, 6.45) is 2.68. The highest BCUT2D eigenvalue weighted by Gasteiger charge is 2.22. The van der Waals surface area contributed by atoms with E-state index >= 15 is 0 Å². The minimum atomic E-state index is -0.0861. The van der Waals surface area contributed by atoms with Gasteiger partial charge in [-0.2, -0.15) is 0 Å². The van der Waals surface area contributed by atoms with Crippen LogP contribution in [0, 0.1) is 0 Å². The Morgan fingerprint density at radius 2 is 1.80 bits per heavy atom. The van der Waals surface area contributed by atoms with Crippen LogP contribution in [0.3, 0.4) is 0 Å². The van der Waals surface area contributed by atoms with Gasteiger partial charge in [0.25, 0.3) is 5.91 Å². The van der Waals surface area contributed by atoms with E-state index in [1.54, 1.807) is 12.1 Å². The highest BCUT2D eigenvalue weighted by molar-refractivity contribution is 6.30. The summed E-state index contributed by atoms with van der Waals surface area (Å²) in [4.78, 5) is 19.8. The predicted octanol–water partition coefficient (Wildman–Crippen LogP) is 5.70. The van der Waals surface area contributed by atoms with Gasteiger partial charge in [-0.3, -0.25) is 9.78 Å². The number of amides is 1. The van der Waals surface area contributed by atoms with Gasteiger partial charge in [-0.1, -0.05) is 41.9 Å². The monoisotopic (exact) mass is 413 g/mol. The second-order valence-electron chi connectivity index (χ2n) is 7.42. The molecule has 1 aliphatic heterocycles. The zero-order valence-electron chi connectivity index (χ0n) is 16.3. The van der Waals surface area contributed by atoms with Gasteiger partial charge in [0.1, 0.15) is 0 Å². The van der Waals surface area contributed by atoms with Crippen LogP contribution in [-0.4, -0.2) is 17.4 Å². The zero-order chi connectivity index (χ0) is 20.5. The van der Waals surface area contributed by atoms with Gasteiger partial charge < -0.3 is 10.2 Å². The number of para-hydroxylation sites is 1. The molecular formula is C25H20ClN3O. The maximum atomic E-state index is 12.9. The lowest BCUT2D eigenvalue weighted by molar-refractivity contribution is 0.102. The number of fused-ring (bicyclic) bond motifs is 2. The molecule has 0 unspecified atom stereocenters. The number of halogens is 1. The Labute approximate surface area is 180 Å². The second-order valence-corrected chi connectivity index (χ2v) is 7.86. The Balaban J connectivity index is 1.43. The molecule has 5 rings (SSSR count). The Morgan fingerprint density at radius 3 is 2.67 bits per heavy atom. The molecule has 4 aromatic rings. The third-order valence-electron chi connectivity index (χ3n) is 5.58. The van der Waals surface area contributed by atoms with Crippen molar-refractivity contribution in [2.45, 2.75) is 13.0 Å². The van der Waals surface area contributed by atoms with E-state index in [1.807, 2.05) is 48.7 Å². The molecule has 2 heterocycles. The molecule has 0 spiro atoms. The summed E-state index contributed by atoms with van der Waals surface area (Å²) in [6.45, 7) is 1.62. The van der Waals surface area contributed by atoms with Crippen LogP contribution in [0.25, 0.3) is 10.9 Å². The fraction of sp³-hybridized carbons (Fsp3) is 0.120. The van der Waals surface area contributed by atoms with Crippen LogP contribution in [-0.2, 0) is 13.0 Å². The van der Waals surface area contributed by atoms with Crippen LogP contribution in [0.5, 0.6) is 0 Å². The quantitative estimate of drug-likeness (QED) is 0.468.